The quantitative estimate of drug-likeness (QED) is 0.827. The molecule has 21 heavy (non-hydrogen) atoms. The maximum Gasteiger partial charge on any atom is 0.253 e. The van der Waals surface area contributed by atoms with E-state index in [4.69, 9.17) is 4.74 Å². The number of hydrogen-bond donors (Lipinski definition) is 0. The van der Waals surface area contributed by atoms with Crippen molar-refractivity contribution in [3.8, 4) is 0 Å². The first-order chi connectivity index (χ1) is 10.1. The minimum atomic E-state index is -0.00701. The van der Waals surface area contributed by atoms with Crippen molar-refractivity contribution in [1.29, 1.82) is 0 Å². The lowest BCUT2D eigenvalue weighted by Crippen LogP contribution is -2.32. The first-order valence-corrected chi connectivity index (χ1v) is 7.65. The molecule has 3 rings (SSSR count). The summed E-state index contributed by atoms with van der Waals surface area (Å²) in [4.78, 5) is 14.1. The second kappa shape index (κ2) is 6.00. The molecule has 0 atom stereocenters. The number of amides is 1. The standard InChI is InChI=1S/C17H16BrNO2/c1-12-2-4-13(5-3-12)9-19-16-8-15(18)7-6-14(16)10-21-11-17(19)20/h2-8H,9-11H2,1H3. The summed E-state index contributed by atoms with van der Waals surface area (Å²) >= 11 is 3.48. The highest BCUT2D eigenvalue weighted by molar-refractivity contribution is 9.10. The van der Waals surface area contributed by atoms with Crippen molar-refractivity contribution in [2.45, 2.75) is 20.1 Å². The van der Waals surface area contributed by atoms with Crippen LogP contribution in [0.1, 0.15) is 16.7 Å². The van der Waals surface area contributed by atoms with E-state index in [0.29, 0.717) is 13.2 Å². The van der Waals surface area contributed by atoms with E-state index in [-0.39, 0.29) is 12.5 Å². The van der Waals surface area contributed by atoms with Gasteiger partial charge in [0, 0.05) is 10.0 Å². The van der Waals surface area contributed by atoms with Crippen LogP contribution in [-0.4, -0.2) is 12.5 Å². The third-order valence-corrected chi connectivity index (χ3v) is 4.08. The maximum atomic E-state index is 12.3. The fourth-order valence-corrected chi connectivity index (χ4v) is 2.77. The average molecular weight is 346 g/mol. The zero-order chi connectivity index (χ0) is 14.8. The van der Waals surface area contributed by atoms with Crippen LogP contribution in [0.5, 0.6) is 0 Å². The lowest BCUT2D eigenvalue weighted by atomic mass is 10.1. The largest absolute Gasteiger partial charge is 0.367 e. The van der Waals surface area contributed by atoms with Crippen LogP contribution in [0.15, 0.2) is 46.9 Å². The van der Waals surface area contributed by atoms with Crippen LogP contribution in [-0.2, 0) is 22.7 Å². The van der Waals surface area contributed by atoms with Crippen LogP contribution in [0.2, 0.25) is 0 Å². The van der Waals surface area contributed by atoms with Crippen LogP contribution < -0.4 is 4.90 Å². The SMILES string of the molecule is Cc1ccc(CN2C(=O)COCc3ccc(Br)cc32)cc1. The van der Waals surface area contributed by atoms with Gasteiger partial charge in [-0.2, -0.15) is 0 Å². The van der Waals surface area contributed by atoms with Gasteiger partial charge in [0.2, 0.25) is 0 Å². The van der Waals surface area contributed by atoms with Gasteiger partial charge in [-0.15, -0.1) is 0 Å². The van der Waals surface area contributed by atoms with E-state index in [2.05, 4.69) is 47.1 Å². The van der Waals surface area contributed by atoms with Gasteiger partial charge in [0.1, 0.15) is 6.61 Å². The molecule has 1 heterocycles. The number of ether oxygens (including phenoxy) is 1. The van der Waals surface area contributed by atoms with E-state index >= 15 is 0 Å². The Bertz CT molecular complexity index is 667. The molecule has 0 unspecified atom stereocenters. The molecule has 0 fully saturated rings. The predicted molar refractivity (Wildman–Crippen MR) is 86.2 cm³/mol. The van der Waals surface area contributed by atoms with Gasteiger partial charge in [-0.05, 0) is 24.6 Å². The molecule has 0 N–H and O–H groups in total. The molecule has 0 bridgehead atoms. The van der Waals surface area contributed by atoms with Crippen LogP contribution in [0.4, 0.5) is 5.69 Å². The highest BCUT2D eigenvalue weighted by Gasteiger charge is 2.23. The minimum absolute atomic E-state index is 0.00701. The number of aryl methyl sites for hydroxylation is 1. The molecule has 4 heteroatoms. The van der Waals surface area contributed by atoms with Gasteiger partial charge in [-0.1, -0.05) is 51.8 Å². The van der Waals surface area contributed by atoms with E-state index in [1.165, 1.54) is 5.56 Å². The Labute approximate surface area is 132 Å². The number of hydrogen-bond acceptors (Lipinski definition) is 2. The van der Waals surface area contributed by atoms with Crippen molar-refractivity contribution in [1.82, 2.24) is 0 Å². The van der Waals surface area contributed by atoms with Gasteiger partial charge in [0.25, 0.3) is 5.91 Å². The molecule has 0 radical (unpaired) electrons. The van der Waals surface area contributed by atoms with Crippen molar-refractivity contribution < 1.29 is 9.53 Å². The summed E-state index contributed by atoms with van der Waals surface area (Å²) in [5.74, 6) is -0.00701. The molecule has 2 aromatic carbocycles. The van der Waals surface area contributed by atoms with Crippen molar-refractivity contribution in [3.05, 3.63) is 63.6 Å². The summed E-state index contributed by atoms with van der Waals surface area (Å²) in [5, 5.41) is 0. The molecule has 108 valence electrons. The zero-order valence-corrected chi connectivity index (χ0v) is 13.4. The van der Waals surface area contributed by atoms with Crippen LogP contribution in [0.25, 0.3) is 0 Å². The summed E-state index contributed by atoms with van der Waals surface area (Å²) in [6, 6.07) is 14.2. The Morgan fingerprint density at radius 3 is 2.67 bits per heavy atom. The molecule has 1 amide bonds. The van der Waals surface area contributed by atoms with E-state index < -0.39 is 0 Å². The van der Waals surface area contributed by atoms with Gasteiger partial charge < -0.3 is 9.64 Å². The first kappa shape index (κ1) is 14.3. The van der Waals surface area contributed by atoms with E-state index in [1.807, 2.05) is 18.2 Å². The fourth-order valence-electron chi connectivity index (χ4n) is 2.42. The molecule has 0 aliphatic carbocycles. The van der Waals surface area contributed by atoms with Crippen molar-refractivity contribution >= 4 is 27.5 Å². The molecule has 3 nitrogen and oxygen atoms in total. The third-order valence-electron chi connectivity index (χ3n) is 3.58. The molecule has 0 saturated heterocycles. The number of carbonyl (C=O) groups excluding carboxylic acids is 1. The molecule has 1 aliphatic heterocycles. The maximum absolute atomic E-state index is 12.3. The molecule has 0 spiro atoms. The first-order valence-electron chi connectivity index (χ1n) is 6.85. The normalized spacial score (nSPS) is 14.8. The van der Waals surface area contributed by atoms with Gasteiger partial charge in [0.15, 0.2) is 0 Å². The summed E-state index contributed by atoms with van der Waals surface area (Å²) in [5.41, 5.74) is 4.29. The lowest BCUT2D eigenvalue weighted by molar-refractivity contribution is -0.123. The van der Waals surface area contributed by atoms with E-state index in [0.717, 1.165) is 21.3 Å². The van der Waals surface area contributed by atoms with E-state index in [9.17, 15) is 4.79 Å². The van der Waals surface area contributed by atoms with Crippen LogP contribution >= 0.6 is 15.9 Å². The number of benzene rings is 2. The highest BCUT2D eigenvalue weighted by Crippen LogP contribution is 2.29. The van der Waals surface area contributed by atoms with Crippen LogP contribution in [0, 0.1) is 6.92 Å². The zero-order valence-electron chi connectivity index (χ0n) is 11.8. The van der Waals surface area contributed by atoms with Crippen molar-refractivity contribution in [2.75, 3.05) is 11.5 Å². The van der Waals surface area contributed by atoms with Gasteiger partial charge in [0.05, 0.1) is 18.8 Å². The van der Waals surface area contributed by atoms with Gasteiger partial charge >= 0.3 is 0 Å². The highest BCUT2D eigenvalue weighted by atomic mass is 79.9. The number of nitrogens with zero attached hydrogens (tertiary/aromatic N) is 1. The minimum Gasteiger partial charge on any atom is -0.367 e. The molecule has 0 saturated carbocycles. The summed E-state index contributed by atoms with van der Waals surface area (Å²) in [6.45, 7) is 3.21. The Hall–Kier alpha value is -1.65. The average Bonchev–Trinajstić information content (AvgIpc) is 2.61. The fraction of sp³-hybridized carbons (Fsp3) is 0.235. The number of anilines is 1. The number of rotatable bonds is 2. The Morgan fingerprint density at radius 1 is 1.14 bits per heavy atom. The van der Waals surface area contributed by atoms with Gasteiger partial charge in [-0.3, -0.25) is 4.79 Å². The monoisotopic (exact) mass is 345 g/mol. The van der Waals surface area contributed by atoms with Crippen molar-refractivity contribution in [2.24, 2.45) is 0 Å². The molecule has 1 aliphatic rings. The Kier molecular flexibility index (Phi) is 4.08. The van der Waals surface area contributed by atoms with Crippen molar-refractivity contribution in [3.63, 3.8) is 0 Å². The predicted octanol–water partition coefficient (Wildman–Crippen LogP) is 3.82. The summed E-state index contributed by atoms with van der Waals surface area (Å²) < 4.78 is 6.42. The smallest absolute Gasteiger partial charge is 0.253 e. The molecular weight excluding hydrogens is 330 g/mol. The number of fused-ring (bicyclic) bond motifs is 1. The number of halogens is 1. The van der Waals surface area contributed by atoms with Crippen LogP contribution in [0.3, 0.4) is 0 Å². The third kappa shape index (κ3) is 3.17. The Balaban J connectivity index is 1.97. The number of carbonyl (C=O) groups is 1. The lowest BCUT2D eigenvalue weighted by Gasteiger charge is -2.23. The van der Waals surface area contributed by atoms with E-state index in [1.54, 1.807) is 4.90 Å². The molecular formula is C17H16BrNO2. The Morgan fingerprint density at radius 2 is 1.90 bits per heavy atom. The second-order valence-corrected chi connectivity index (χ2v) is 6.15. The summed E-state index contributed by atoms with van der Waals surface area (Å²) in [7, 11) is 0. The summed E-state index contributed by atoms with van der Waals surface area (Å²) in [6.07, 6.45) is 0. The second-order valence-electron chi connectivity index (χ2n) is 5.23. The molecule has 2 aromatic rings. The van der Waals surface area contributed by atoms with Gasteiger partial charge in [-0.25, -0.2) is 0 Å². The molecule has 0 aromatic heterocycles. The topological polar surface area (TPSA) is 29.5 Å².